The van der Waals surface area contributed by atoms with E-state index in [-0.39, 0.29) is 12.4 Å². The van der Waals surface area contributed by atoms with Gasteiger partial charge in [0.1, 0.15) is 5.82 Å². The van der Waals surface area contributed by atoms with E-state index in [4.69, 9.17) is 5.73 Å². The molecule has 5 heteroatoms. The van der Waals surface area contributed by atoms with Gasteiger partial charge in [0, 0.05) is 6.07 Å². The fourth-order valence-electron chi connectivity index (χ4n) is 0.427. The number of rotatable bonds is 2. The van der Waals surface area contributed by atoms with E-state index in [2.05, 4.69) is 14.9 Å². The molecule has 0 atom stereocenters. The van der Waals surface area contributed by atoms with Crippen molar-refractivity contribution < 1.29 is 9.53 Å². The number of anilines is 1. The number of hydrogen-bond donors (Lipinski definition) is 2. The summed E-state index contributed by atoms with van der Waals surface area (Å²) in [6.07, 6.45) is 0. The molecule has 0 aromatic carbocycles. The molecule has 9 heavy (non-hydrogen) atoms. The lowest BCUT2D eigenvalue weighted by Gasteiger charge is -1.82. The number of aromatic amines is 1. The van der Waals surface area contributed by atoms with Crippen molar-refractivity contribution in [2.75, 3.05) is 5.73 Å². The minimum Gasteiger partial charge on any atom is -0.408 e. The van der Waals surface area contributed by atoms with Crippen LogP contribution in [0.2, 0.25) is 0 Å². The van der Waals surface area contributed by atoms with E-state index in [0.29, 0.717) is 5.82 Å². The van der Waals surface area contributed by atoms with Crippen LogP contribution in [0.25, 0.3) is 0 Å². The van der Waals surface area contributed by atoms with Crippen molar-refractivity contribution in [2.45, 2.75) is 0 Å². The summed E-state index contributed by atoms with van der Waals surface area (Å²) >= 11 is 0. The zero-order valence-electron chi connectivity index (χ0n) is 4.50. The lowest BCUT2D eigenvalue weighted by molar-refractivity contribution is -0.120. The first-order chi connectivity index (χ1) is 4.33. The number of hydrogen-bond acceptors (Lipinski definition) is 4. The molecule has 3 N–H and O–H groups in total. The summed E-state index contributed by atoms with van der Waals surface area (Å²) in [5, 5.41) is 5.90. The molecule has 0 aliphatic heterocycles. The molecule has 0 fully saturated rings. The number of aromatic nitrogens is 2. The molecule has 48 valence electrons. The third kappa shape index (κ3) is 1.18. The molecule has 0 bridgehead atoms. The minimum absolute atomic E-state index is 0.183. The molecule has 1 aromatic heterocycles. The molecule has 5 nitrogen and oxygen atoms in total. The Bertz CT molecular complexity index is 207. The molecule has 0 unspecified atom stereocenters. The summed E-state index contributed by atoms with van der Waals surface area (Å²) in [5.41, 5.74) is 5.19. The van der Waals surface area contributed by atoms with Crippen molar-refractivity contribution in [3.05, 3.63) is 6.07 Å². The highest BCUT2D eigenvalue weighted by molar-refractivity contribution is 5.45. The van der Waals surface area contributed by atoms with Crippen molar-refractivity contribution in [3.63, 3.8) is 0 Å². The van der Waals surface area contributed by atoms with Crippen LogP contribution in [0.1, 0.15) is 0 Å². The van der Waals surface area contributed by atoms with Crippen LogP contribution in [0.4, 0.5) is 5.82 Å². The minimum atomic E-state index is 0.183. The molecule has 0 aliphatic rings. The van der Waals surface area contributed by atoms with Gasteiger partial charge in [-0.2, -0.15) is 0 Å². The van der Waals surface area contributed by atoms with Gasteiger partial charge in [-0.25, -0.2) is 0 Å². The number of nitrogens with zero attached hydrogens (tertiary/aromatic N) is 1. The van der Waals surface area contributed by atoms with E-state index < -0.39 is 0 Å². The van der Waals surface area contributed by atoms with Gasteiger partial charge in [-0.3, -0.25) is 9.89 Å². The number of nitrogen functional groups attached to an aromatic ring is 1. The van der Waals surface area contributed by atoms with Crippen molar-refractivity contribution in [1.82, 2.24) is 10.2 Å². The molecule has 0 radical (unpaired) electrons. The first kappa shape index (κ1) is 5.61. The Morgan fingerprint density at radius 3 is 3.11 bits per heavy atom. The predicted octanol–water partition coefficient (Wildman–Crippen LogP) is -0.473. The molecule has 1 aromatic rings. The lowest BCUT2D eigenvalue weighted by Crippen LogP contribution is -1.87. The van der Waals surface area contributed by atoms with E-state index >= 15 is 0 Å². The third-order valence-electron chi connectivity index (χ3n) is 0.743. The highest BCUT2D eigenvalue weighted by Gasteiger charge is 1.94. The average molecular weight is 127 g/mol. The Balaban J connectivity index is 2.72. The fourth-order valence-corrected chi connectivity index (χ4v) is 0.427. The number of nitrogens with one attached hydrogen (secondary N) is 1. The van der Waals surface area contributed by atoms with Crippen molar-refractivity contribution in [1.29, 1.82) is 0 Å². The van der Waals surface area contributed by atoms with Crippen LogP contribution in [0.3, 0.4) is 0 Å². The van der Waals surface area contributed by atoms with Crippen molar-refractivity contribution >= 4 is 12.3 Å². The maximum atomic E-state index is 9.67. The van der Waals surface area contributed by atoms with Gasteiger partial charge in [0.25, 0.3) is 6.47 Å². The van der Waals surface area contributed by atoms with E-state index in [1.165, 1.54) is 6.07 Å². The van der Waals surface area contributed by atoms with E-state index in [9.17, 15) is 4.79 Å². The fraction of sp³-hybridized carbons (Fsp3) is 0. The van der Waals surface area contributed by atoms with Crippen LogP contribution in [-0.4, -0.2) is 16.7 Å². The van der Waals surface area contributed by atoms with Gasteiger partial charge >= 0.3 is 0 Å². The topological polar surface area (TPSA) is 81.0 Å². The van der Waals surface area contributed by atoms with Crippen molar-refractivity contribution in [3.8, 4) is 5.88 Å². The summed E-state index contributed by atoms with van der Waals surface area (Å²) in [6.45, 7) is 0.287. The van der Waals surface area contributed by atoms with E-state index in [0.717, 1.165) is 0 Å². The Morgan fingerprint density at radius 1 is 1.89 bits per heavy atom. The maximum Gasteiger partial charge on any atom is 0.299 e. The van der Waals surface area contributed by atoms with Crippen LogP contribution in [-0.2, 0) is 4.79 Å². The highest BCUT2D eigenvalue weighted by Crippen LogP contribution is 2.06. The molecule has 0 saturated heterocycles. The Kier molecular flexibility index (Phi) is 1.35. The standard InChI is InChI=1S/C4H5N3O2/c5-3-1-4(7-6-3)9-2-8/h1-2H,(H3,5,6,7). The third-order valence-corrected chi connectivity index (χ3v) is 0.743. The van der Waals surface area contributed by atoms with E-state index in [1.54, 1.807) is 0 Å². The molecule has 1 rings (SSSR count). The number of carbonyl (C=O) groups is 1. The maximum absolute atomic E-state index is 9.67. The summed E-state index contributed by atoms with van der Waals surface area (Å²) < 4.78 is 4.32. The largest absolute Gasteiger partial charge is 0.408 e. The van der Waals surface area contributed by atoms with Crippen molar-refractivity contribution in [2.24, 2.45) is 0 Å². The first-order valence-electron chi connectivity index (χ1n) is 2.24. The number of H-pyrrole nitrogens is 1. The quantitative estimate of drug-likeness (QED) is 0.526. The smallest absolute Gasteiger partial charge is 0.299 e. The normalized spacial score (nSPS) is 8.89. The second-order valence-corrected chi connectivity index (χ2v) is 1.38. The SMILES string of the molecule is Nc1cc(OC=O)n[nH]1. The molecular weight excluding hydrogens is 122 g/mol. The predicted molar refractivity (Wildman–Crippen MR) is 29.7 cm³/mol. The molecule has 0 spiro atoms. The van der Waals surface area contributed by atoms with Gasteiger partial charge < -0.3 is 10.5 Å². The van der Waals surface area contributed by atoms with Gasteiger partial charge in [-0.15, -0.1) is 5.10 Å². The first-order valence-corrected chi connectivity index (χ1v) is 2.24. The van der Waals surface area contributed by atoms with Gasteiger partial charge in [0.15, 0.2) is 0 Å². The molecule has 0 aliphatic carbocycles. The number of nitrogens with two attached hydrogens (primary N) is 1. The van der Waals surface area contributed by atoms with Gasteiger partial charge in [0.2, 0.25) is 5.88 Å². The van der Waals surface area contributed by atoms with Crippen LogP contribution in [0, 0.1) is 0 Å². The Hall–Kier alpha value is -1.52. The average Bonchev–Trinajstić information content (AvgIpc) is 2.17. The summed E-state index contributed by atoms with van der Waals surface area (Å²) in [7, 11) is 0. The molecular formula is C4H5N3O2. The second-order valence-electron chi connectivity index (χ2n) is 1.38. The monoisotopic (exact) mass is 127 g/mol. The van der Waals surface area contributed by atoms with Crippen LogP contribution < -0.4 is 10.5 Å². The van der Waals surface area contributed by atoms with Crippen LogP contribution in [0.5, 0.6) is 5.88 Å². The summed E-state index contributed by atoms with van der Waals surface area (Å²) in [5.74, 6) is 0.550. The van der Waals surface area contributed by atoms with Gasteiger partial charge in [0.05, 0.1) is 0 Å². The van der Waals surface area contributed by atoms with E-state index in [1.807, 2.05) is 0 Å². The lowest BCUT2D eigenvalue weighted by atomic mass is 10.6. The summed E-state index contributed by atoms with van der Waals surface area (Å²) in [6, 6.07) is 1.41. The second kappa shape index (κ2) is 2.17. The van der Waals surface area contributed by atoms with Gasteiger partial charge in [-0.1, -0.05) is 0 Å². The summed E-state index contributed by atoms with van der Waals surface area (Å²) in [4.78, 5) is 9.67. The zero-order valence-corrected chi connectivity index (χ0v) is 4.50. The number of ether oxygens (including phenoxy) is 1. The Labute approximate surface area is 50.8 Å². The van der Waals surface area contributed by atoms with Gasteiger partial charge in [-0.05, 0) is 0 Å². The Morgan fingerprint density at radius 2 is 2.67 bits per heavy atom. The zero-order chi connectivity index (χ0) is 6.69. The van der Waals surface area contributed by atoms with Crippen LogP contribution in [0.15, 0.2) is 6.07 Å². The number of carbonyl (C=O) groups excluding carboxylic acids is 1. The molecule has 0 amide bonds. The van der Waals surface area contributed by atoms with Crippen LogP contribution >= 0.6 is 0 Å². The molecule has 0 saturated carbocycles. The molecule has 1 heterocycles. The highest BCUT2D eigenvalue weighted by atomic mass is 16.5.